The van der Waals surface area contributed by atoms with Crippen LogP contribution in [0.5, 0.6) is 5.75 Å². The summed E-state index contributed by atoms with van der Waals surface area (Å²) in [6, 6.07) is 30.8. The van der Waals surface area contributed by atoms with Gasteiger partial charge in [-0.25, -0.2) is 0 Å². The van der Waals surface area contributed by atoms with Gasteiger partial charge in [-0.15, -0.1) is 11.3 Å². The van der Waals surface area contributed by atoms with E-state index in [1.165, 1.54) is 0 Å². The van der Waals surface area contributed by atoms with Crippen molar-refractivity contribution in [2.24, 2.45) is 5.16 Å². The Kier molecular flexibility index (Phi) is 9.44. The van der Waals surface area contributed by atoms with Gasteiger partial charge in [-0.3, -0.25) is 9.59 Å². The molecule has 0 unspecified atom stereocenters. The van der Waals surface area contributed by atoms with Crippen LogP contribution in [0, 0.1) is 0 Å². The highest BCUT2D eigenvalue weighted by Crippen LogP contribution is 2.31. The fourth-order valence-electron chi connectivity index (χ4n) is 5.02. The summed E-state index contributed by atoms with van der Waals surface area (Å²) in [5.74, 6) is 0.127. The summed E-state index contributed by atoms with van der Waals surface area (Å²) in [7, 11) is 1.63. The van der Waals surface area contributed by atoms with Crippen molar-refractivity contribution in [1.82, 2.24) is 10.2 Å². The molecule has 3 aromatic carbocycles. The standard InChI is InChI=1S/C33H33N3O4S/c1-39-29-16-14-24(15-17-29)23-40-35-27-19-28(20-31(37)34-21-30-13-8-18-41-30)36(22-27)33(38)32(25-9-4-2-5-10-25)26-11-6-3-7-12-26/h2-18,28,32H,19-23H2,1H3,(H,34,37)/t28-/m0/s1. The number of carbonyl (C=O) groups excluding carboxylic acids is 2. The second kappa shape index (κ2) is 13.8. The average Bonchev–Trinajstić information content (AvgIpc) is 3.68. The van der Waals surface area contributed by atoms with Gasteiger partial charge in [-0.05, 0) is 40.3 Å². The Morgan fingerprint density at radius 2 is 1.63 bits per heavy atom. The van der Waals surface area contributed by atoms with Crippen LogP contribution in [0.4, 0.5) is 0 Å². The van der Waals surface area contributed by atoms with Gasteiger partial charge in [0, 0.05) is 23.8 Å². The third kappa shape index (κ3) is 7.41. The summed E-state index contributed by atoms with van der Waals surface area (Å²) in [6.07, 6.45) is 0.655. The first-order valence-corrected chi connectivity index (χ1v) is 14.5. The molecule has 4 aromatic rings. The molecule has 0 radical (unpaired) electrons. The fourth-order valence-corrected chi connectivity index (χ4v) is 5.66. The molecule has 210 valence electrons. The number of oxime groups is 1. The highest BCUT2D eigenvalue weighted by atomic mass is 32.1. The van der Waals surface area contributed by atoms with Crippen molar-refractivity contribution >= 4 is 28.9 Å². The first kappa shape index (κ1) is 28.1. The van der Waals surface area contributed by atoms with E-state index in [9.17, 15) is 9.59 Å². The van der Waals surface area contributed by atoms with Crippen LogP contribution >= 0.6 is 11.3 Å². The summed E-state index contributed by atoms with van der Waals surface area (Å²) in [6.45, 7) is 1.07. The molecule has 8 heteroatoms. The van der Waals surface area contributed by atoms with Gasteiger partial charge >= 0.3 is 0 Å². The molecule has 1 fully saturated rings. The van der Waals surface area contributed by atoms with Crippen molar-refractivity contribution in [2.45, 2.75) is 38.0 Å². The molecule has 7 nitrogen and oxygen atoms in total. The van der Waals surface area contributed by atoms with E-state index in [4.69, 9.17) is 9.57 Å². The Hall–Kier alpha value is -4.43. The number of methoxy groups -OCH3 is 1. The third-order valence-corrected chi connectivity index (χ3v) is 7.98. The predicted octanol–water partition coefficient (Wildman–Crippen LogP) is 5.77. The lowest BCUT2D eigenvalue weighted by Gasteiger charge is -2.29. The zero-order chi connectivity index (χ0) is 28.4. The number of benzene rings is 3. The zero-order valence-corrected chi connectivity index (χ0v) is 23.8. The van der Waals surface area contributed by atoms with E-state index in [0.717, 1.165) is 33.0 Å². The highest BCUT2D eigenvalue weighted by molar-refractivity contribution is 7.09. The number of carbonyl (C=O) groups is 2. The van der Waals surface area contributed by atoms with E-state index in [0.29, 0.717) is 26.1 Å². The average molecular weight is 568 g/mol. The Balaban J connectivity index is 1.34. The molecule has 0 aliphatic carbocycles. The smallest absolute Gasteiger partial charge is 0.235 e. The van der Waals surface area contributed by atoms with Crippen molar-refractivity contribution < 1.29 is 19.2 Å². The van der Waals surface area contributed by atoms with Crippen LogP contribution in [0.1, 0.15) is 40.3 Å². The number of nitrogens with zero attached hydrogens (tertiary/aromatic N) is 2. The molecule has 1 aliphatic heterocycles. The highest BCUT2D eigenvalue weighted by Gasteiger charge is 2.38. The molecule has 1 atom stereocenters. The van der Waals surface area contributed by atoms with Gasteiger partial charge in [-0.2, -0.15) is 0 Å². The number of thiophene rings is 1. The first-order chi connectivity index (χ1) is 20.1. The van der Waals surface area contributed by atoms with E-state index in [1.807, 2.05) is 102 Å². The van der Waals surface area contributed by atoms with Gasteiger partial charge in [0.05, 0.1) is 31.8 Å². The molecule has 1 aromatic heterocycles. The molecule has 1 N–H and O–H groups in total. The summed E-state index contributed by atoms with van der Waals surface area (Å²) >= 11 is 1.60. The number of hydrogen-bond donors (Lipinski definition) is 1. The molecule has 1 aliphatic rings. The zero-order valence-electron chi connectivity index (χ0n) is 22.9. The van der Waals surface area contributed by atoms with Crippen molar-refractivity contribution in [3.8, 4) is 5.75 Å². The van der Waals surface area contributed by atoms with Crippen LogP contribution in [0.2, 0.25) is 0 Å². The minimum atomic E-state index is -0.492. The quantitative estimate of drug-likeness (QED) is 0.234. The van der Waals surface area contributed by atoms with Crippen LogP contribution < -0.4 is 10.1 Å². The Morgan fingerprint density at radius 1 is 0.951 bits per heavy atom. The summed E-state index contributed by atoms with van der Waals surface area (Å²) < 4.78 is 5.22. The van der Waals surface area contributed by atoms with Crippen LogP contribution in [-0.4, -0.2) is 42.1 Å². The van der Waals surface area contributed by atoms with E-state index >= 15 is 0 Å². The van der Waals surface area contributed by atoms with E-state index in [2.05, 4.69) is 10.5 Å². The lowest BCUT2D eigenvalue weighted by Crippen LogP contribution is -2.41. The number of ether oxygens (including phenoxy) is 1. The van der Waals surface area contributed by atoms with E-state index in [-0.39, 0.29) is 24.3 Å². The summed E-state index contributed by atoms with van der Waals surface area (Å²) in [5.41, 5.74) is 3.51. The van der Waals surface area contributed by atoms with Crippen LogP contribution in [0.15, 0.2) is 108 Å². The van der Waals surface area contributed by atoms with Crippen molar-refractivity contribution in [3.05, 3.63) is 124 Å². The maximum Gasteiger partial charge on any atom is 0.235 e. The van der Waals surface area contributed by atoms with Crippen LogP contribution in [0.25, 0.3) is 0 Å². The molecular weight excluding hydrogens is 534 g/mol. The van der Waals surface area contributed by atoms with Crippen molar-refractivity contribution in [2.75, 3.05) is 13.7 Å². The van der Waals surface area contributed by atoms with Gasteiger partial charge in [-0.1, -0.05) is 84.0 Å². The first-order valence-electron chi connectivity index (χ1n) is 13.6. The maximum absolute atomic E-state index is 14.3. The molecular formula is C33H33N3O4S. The monoisotopic (exact) mass is 567 g/mol. The van der Waals surface area contributed by atoms with E-state index < -0.39 is 5.92 Å². The molecule has 41 heavy (non-hydrogen) atoms. The van der Waals surface area contributed by atoms with Gasteiger partial charge in [0.1, 0.15) is 12.4 Å². The minimum Gasteiger partial charge on any atom is -0.497 e. The number of rotatable bonds is 11. The number of hydrogen-bond acceptors (Lipinski definition) is 6. The number of nitrogens with one attached hydrogen (secondary N) is 1. The van der Waals surface area contributed by atoms with Crippen molar-refractivity contribution in [3.63, 3.8) is 0 Å². The fraction of sp³-hybridized carbons (Fsp3) is 0.242. The van der Waals surface area contributed by atoms with Gasteiger partial charge < -0.3 is 19.8 Å². The largest absolute Gasteiger partial charge is 0.497 e. The lowest BCUT2D eigenvalue weighted by molar-refractivity contribution is -0.133. The SMILES string of the molecule is COc1ccc(CON=C2C[C@@H](CC(=O)NCc3cccs3)N(C(=O)C(c3ccccc3)c3ccccc3)C2)cc1. The molecule has 2 amide bonds. The molecule has 0 bridgehead atoms. The second-order valence-electron chi connectivity index (χ2n) is 9.92. The lowest BCUT2D eigenvalue weighted by atomic mass is 9.89. The second-order valence-corrected chi connectivity index (χ2v) is 10.9. The minimum absolute atomic E-state index is 0.0567. The van der Waals surface area contributed by atoms with Crippen LogP contribution in [0.3, 0.4) is 0 Å². The summed E-state index contributed by atoms with van der Waals surface area (Å²) in [5, 5.41) is 9.40. The van der Waals surface area contributed by atoms with Crippen LogP contribution in [-0.2, 0) is 27.6 Å². The Bertz CT molecular complexity index is 1400. The molecule has 5 rings (SSSR count). The predicted molar refractivity (Wildman–Crippen MR) is 161 cm³/mol. The van der Waals surface area contributed by atoms with Gasteiger partial charge in [0.2, 0.25) is 11.8 Å². The van der Waals surface area contributed by atoms with Crippen molar-refractivity contribution in [1.29, 1.82) is 0 Å². The third-order valence-electron chi connectivity index (χ3n) is 7.11. The van der Waals surface area contributed by atoms with Gasteiger partial charge in [0.25, 0.3) is 0 Å². The molecule has 0 spiro atoms. The van der Waals surface area contributed by atoms with Gasteiger partial charge in [0.15, 0.2) is 0 Å². The molecule has 1 saturated heterocycles. The maximum atomic E-state index is 14.3. The molecule has 0 saturated carbocycles. The van der Waals surface area contributed by atoms with E-state index in [1.54, 1.807) is 23.3 Å². The summed E-state index contributed by atoms with van der Waals surface area (Å²) in [4.78, 5) is 35.9. The Morgan fingerprint density at radius 3 is 2.24 bits per heavy atom. The molecule has 2 heterocycles. The number of amides is 2. The normalized spacial score (nSPS) is 15.7. The Labute approximate surface area is 244 Å². The number of likely N-dealkylation sites (tertiary alicyclic amines) is 1. The topological polar surface area (TPSA) is 80.2 Å².